The first-order valence-corrected chi connectivity index (χ1v) is 13.1. The molecule has 4 atom stereocenters. The third-order valence-electron chi connectivity index (χ3n) is 6.44. The molecule has 15 nitrogen and oxygen atoms in total. The van der Waals surface area contributed by atoms with Gasteiger partial charge >= 0.3 is 6.03 Å². The van der Waals surface area contributed by atoms with E-state index in [0.29, 0.717) is 37.5 Å². The number of amides is 4. The maximum atomic E-state index is 12.4. The topological polar surface area (TPSA) is 210 Å². The van der Waals surface area contributed by atoms with E-state index in [0.717, 1.165) is 0 Å². The summed E-state index contributed by atoms with van der Waals surface area (Å²) in [4.78, 5) is 51.3. The molecule has 4 amide bonds. The second kappa shape index (κ2) is 13.1. The van der Waals surface area contributed by atoms with Gasteiger partial charge in [-0.3, -0.25) is 19.1 Å². The molecule has 1 aliphatic heterocycles. The Balaban J connectivity index is 1.77. The number of likely N-dealkylation sites (N-methyl/N-ethyl adjacent to an activating group) is 1. The van der Waals surface area contributed by atoms with Crippen LogP contribution in [0.1, 0.15) is 57.3 Å². The smallest absolute Gasteiger partial charge is 0.314 e. The molecule has 2 aromatic rings. The van der Waals surface area contributed by atoms with Crippen molar-refractivity contribution in [2.45, 2.75) is 77.7 Å². The maximum absolute atomic E-state index is 12.4. The summed E-state index contributed by atoms with van der Waals surface area (Å²) in [6.07, 6.45) is -4.15. The van der Waals surface area contributed by atoms with Gasteiger partial charge < -0.3 is 36.6 Å². The fourth-order valence-electron chi connectivity index (χ4n) is 4.63. The Hall–Kier alpha value is -3.40. The van der Waals surface area contributed by atoms with Gasteiger partial charge in [0.1, 0.15) is 23.5 Å². The summed E-state index contributed by atoms with van der Waals surface area (Å²) in [6.45, 7) is 11.8. The van der Waals surface area contributed by atoms with E-state index in [2.05, 4.69) is 63.5 Å². The minimum absolute atomic E-state index is 0.119. The molecule has 39 heavy (non-hydrogen) atoms. The van der Waals surface area contributed by atoms with Crippen molar-refractivity contribution in [2.75, 3.05) is 26.2 Å². The van der Waals surface area contributed by atoms with Gasteiger partial charge in [0.2, 0.25) is 5.82 Å². The predicted octanol–water partition coefficient (Wildman–Crippen LogP) is -1.36. The predicted molar refractivity (Wildman–Crippen MR) is 141 cm³/mol. The monoisotopic (exact) mass is 549 g/mol. The van der Waals surface area contributed by atoms with Crippen LogP contribution in [0.5, 0.6) is 0 Å². The number of fused-ring (bicyclic) bond motifs is 1. The SMILES string of the molecule is CCNC(=O)[C@H]1O[C@@H](n2c(CCNC(=O)NCCN(C(C)C)C(C)C)nc3cnc(C(N)=O)nc32)[C@H](O)[C@@H]1O. The number of primary amides is 1. The van der Waals surface area contributed by atoms with Crippen molar-refractivity contribution < 1.29 is 29.3 Å². The van der Waals surface area contributed by atoms with Crippen molar-refractivity contribution in [1.82, 2.24) is 40.4 Å². The molecule has 0 radical (unpaired) electrons. The van der Waals surface area contributed by atoms with Crippen molar-refractivity contribution in [3.63, 3.8) is 0 Å². The summed E-state index contributed by atoms with van der Waals surface area (Å²) < 4.78 is 7.15. The number of imidazole rings is 1. The number of ether oxygens (including phenoxy) is 1. The summed E-state index contributed by atoms with van der Waals surface area (Å²) in [6, 6.07) is 0.338. The Morgan fingerprint density at radius 3 is 2.36 bits per heavy atom. The lowest BCUT2D eigenvalue weighted by atomic mass is 10.1. The molecule has 0 unspecified atom stereocenters. The summed E-state index contributed by atoms with van der Waals surface area (Å²) in [5.41, 5.74) is 5.73. The van der Waals surface area contributed by atoms with Crippen molar-refractivity contribution in [3.05, 3.63) is 17.8 Å². The van der Waals surface area contributed by atoms with E-state index in [-0.39, 0.29) is 36.0 Å². The number of nitrogens with zero attached hydrogens (tertiary/aromatic N) is 5. The molecule has 7 N–H and O–H groups in total. The van der Waals surface area contributed by atoms with Gasteiger partial charge in [0.25, 0.3) is 11.8 Å². The average Bonchev–Trinajstić information content (AvgIpc) is 3.37. The molecule has 15 heteroatoms. The van der Waals surface area contributed by atoms with E-state index in [1.165, 1.54) is 10.8 Å². The van der Waals surface area contributed by atoms with Crippen LogP contribution in [0.25, 0.3) is 11.2 Å². The highest BCUT2D eigenvalue weighted by molar-refractivity contribution is 5.90. The Morgan fingerprint density at radius 2 is 1.74 bits per heavy atom. The lowest BCUT2D eigenvalue weighted by molar-refractivity contribution is -0.137. The second-order valence-electron chi connectivity index (χ2n) is 9.85. The van der Waals surface area contributed by atoms with E-state index in [1.807, 2.05) is 0 Å². The quantitative estimate of drug-likeness (QED) is 0.183. The van der Waals surface area contributed by atoms with Gasteiger partial charge in [0, 0.05) is 44.7 Å². The summed E-state index contributed by atoms with van der Waals surface area (Å²) >= 11 is 0. The number of hydrogen-bond donors (Lipinski definition) is 6. The molecule has 0 aromatic carbocycles. The first-order chi connectivity index (χ1) is 18.5. The highest BCUT2D eigenvalue weighted by atomic mass is 16.6. The van der Waals surface area contributed by atoms with Crippen LogP contribution in [0.3, 0.4) is 0 Å². The summed E-state index contributed by atoms with van der Waals surface area (Å²) in [5.74, 6) is -1.42. The van der Waals surface area contributed by atoms with Crippen LogP contribution in [0.2, 0.25) is 0 Å². The number of carbonyl (C=O) groups excluding carboxylic acids is 3. The molecule has 1 saturated heterocycles. The normalized spacial score (nSPS) is 21.2. The third kappa shape index (κ3) is 6.98. The van der Waals surface area contributed by atoms with Gasteiger partial charge in [-0.1, -0.05) is 0 Å². The molecule has 0 aliphatic carbocycles. The van der Waals surface area contributed by atoms with Gasteiger partial charge in [0.15, 0.2) is 18.0 Å². The molecule has 3 heterocycles. The van der Waals surface area contributed by atoms with Crippen molar-refractivity contribution in [3.8, 4) is 0 Å². The zero-order valence-electron chi connectivity index (χ0n) is 22.9. The minimum Gasteiger partial charge on any atom is -0.387 e. The Kier molecular flexibility index (Phi) is 10.1. The molecule has 0 saturated carbocycles. The summed E-state index contributed by atoms with van der Waals surface area (Å²) in [5, 5.41) is 29.5. The zero-order chi connectivity index (χ0) is 28.9. The fourth-order valence-corrected chi connectivity index (χ4v) is 4.63. The molecular formula is C24H39N9O6. The zero-order valence-corrected chi connectivity index (χ0v) is 22.9. The number of rotatable bonds is 12. The van der Waals surface area contributed by atoms with Gasteiger partial charge in [-0.25, -0.2) is 19.7 Å². The number of urea groups is 1. The van der Waals surface area contributed by atoms with Crippen molar-refractivity contribution in [2.24, 2.45) is 5.73 Å². The van der Waals surface area contributed by atoms with Gasteiger partial charge in [-0.2, -0.15) is 0 Å². The van der Waals surface area contributed by atoms with Crippen LogP contribution >= 0.6 is 0 Å². The Bertz CT molecular complexity index is 1160. The minimum atomic E-state index is -1.52. The molecule has 2 aromatic heterocycles. The first kappa shape index (κ1) is 30.1. The largest absolute Gasteiger partial charge is 0.387 e. The first-order valence-electron chi connectivity index (χ1n) is 13.1. The van der Waals surface area contributed by atoms with Crippen LogP contribution in [-0.2, 0) is 16.0 Å². The Morgan fingerprint density at radius 1 is 1.08 bits per heavy atom. The third-order valence-corrected chi connectivity index (χ3v) is 6.44. The highest BCUT2D eigenvalue weighted by Gasteiger charge is 2.48. The van der Waals surface area contributed by atoms with Crippen LogP contribution in [0.4, 0.5) is 4.79 Å². The fraction of sp³-hybridized carbons (Fsp3) is 0.667. The number of aliphatic hydroxyl groups excluding tert-OH is 2. The second-order valence-corrected chi connectivity index (χ2v) is 9.85. The van der Waals surface area contributed by atoms with E-state index < -0.39 is 36.4 Å². The molecule has 0 bridgehead atoms. The molecule has 1 aliphatic rings. The standard InChI is InChI=1S/C24H39N9O6/c1-6-26-22(37)18-16(34)17(35)23(39-18)33-15(30-14-11-29-20(19(25)36)31-21(14)33)7-8-27-24(38)28-9-10-32(12(2)3)13(4)5/h11-13,16-18,23,34-35H,6-10H2,1-5H3,(H2,25,36)(H,26,37)(H2,27,28,38)/t16-,17+,18-,23+/m0/s1. The molecule has 3 rings (SSSR count). The molecule has 216 valence electrons. The Labute approximate surface area is 226 Å². The molecule has 1 fully saturated rings. The number of hydrogen-bond acceptors (Lipinski definition) is 10. The summed E-state index contributed by atoms with van der Waals surface area (Å²) in [7, 11) is 0. The van der Waals surface area contributed by atoms with Gasteiger partial charge in [0.05, 0.1) is 6.20 Å². The van der Waals surface area contributed by atoms with Crippen LogP contribution in [0, 0.1) is 0 Å². The number of nitrogens with two attached hydrogens (primary N) is 1. The number of aromatic nitrogens is 4. The molecular weight excluding hydrogens is 510 g/mol. The maximum Gasteiger partial charge on any atom is 0.314 e. The van der Waals surface area contributed by atoms with Crippen molar-refractivity contribution >= 4 is 29.0 Å². The highest BCUT2D eigenvalue weighted by Crippen LogP contribution is 2.33. The molecule has 0 spiro atoms. The number of nitrogens with one attached hydrogen (secondary N) is 3. The lowest BCUT2D eigenvalue weighted by Crippen LogP contribution is -2.45. The van der Waals surface area contributed by atoms with Gasteiger partial charge in [-0.05, 0) is 34.6 Å². The number of carbonyl (C=O) groups is 3. The van der Waals surface area contributed by atoms with Crippen LogP contribution in [0.15, 0.2) is 6.20 Å². The van der Waals surface area contributed by atoms with Crippen LogP contribution < -0.4 is 21.7 Å². The van der Waals surface area contributed by atoms with E-state index in [4.69, 9.17) is 10.5 Å². The van der Waals surface area contributed by atoms with E-state index in [1.54, 1.807) is 6.92 Å². The lowest BCUT2D eigenvalue weighted by Gasteiger charge is -2.30. The van der Waals surface area contributed by atoms with Gasteiger partial charge in [-0.15, -0.1) is 0 Å². The van der Waals surface area contributed by atoms with E-state index >= 15 is 0 Å². The van der Waals surface area contributed by atoms with Crippen LogP contribution in [-0.4, -0.2) is 109 Å². The van der Waals surface area contributed by atoms with E-state index in [9.17, 15) is 24.6 Å². The average molecular weight is 550 g/mol. The van der Waals surface area contributed by atoms with Crippen molar-refractivity contribution in [1.29, 1.82) is 0 Å². The number of aliphatic hydroxyl groups is 2.